The van der Waals surface area contributed by atoms with Gasteiger partial charge in [0.15, 0.2) is 6.61 Å². The molecule has 12 nitrogen and oxygen atoms in total. The number of aromatic hydroxyl groups is 1. The first-order valence-corrected chi connectivity index (χ1v) is 16.6. The lowest BCUT2D eigenvalue weighted by atomic mass is 9.99. The molecule has 5 rings (SSSR count). The smallest absolute Gasteiger partial charge is 0.409 e. The first kappa shape index (κ1) is 42.4. The van der Waals surface area contributed by atoms with Gasteiger partial charge in [-0.25, -0.2) is 4.79 Å². The predicted octanol–water partition coefficient (Wildman–Crippen LogP) is 6.79. The fourth-order valence-corrected chi connectivity index (χ4v) is 5.99. The van der Waals surface area contributed by atoms with Crippen molar-refractivity contribution < 1.29 is 34.4 Å². The molecule has 0 aliphatic heterocycles. The van der Waals surface area contributed by atoms with Gasteiger partial charge < -0.3 is 40.0 Å². The van der Waals surface area contributed by atoms with Crippen molar-refractivity contribution in [1.29, 1.82) is 0 Å². The number of ether oxygens (including phenoxy) is 2. The third-order valence-corrected chi connectivity index (χ3v) is 8.70. The highest BCUT2D eigenvalue weighted by Crippen LogP contribution is 2.34. The van der Waals surface area contributed by atoms with Crippen molar-refractivity contribution >= 4 is 65.0 Å². The second kappa shape index (κ2) is 19.7. The number of aryl methyl sites for hydroxylation is 1. The zero-order valence-electron chi connectivity index (χ0n) is 28.9. The molecule has 0 aliphatic rings. The maximum Gasteiger partial charge on any atom is 0.409 e. The Labute approximate surface area is 323 Å². The summed E-state index contributed by atoms with van der Waals surface area (Å²) in [6.07, 6.45) is -0.815. The number of likely N-dealkylation sites (N-methyl/N-ethyl adjacent to an activating group) is 1. The number of aliphatic hydroxyl groups excluding tert-OH is 1. The molecule has 2 amide bonds. The largest absolute Gasteiger partial charge is 0.506 e. The van der Waals surface area contributed by atoms with E-state index < -0.39 is 12.2 Å². The van der Waals surface area contributed by atoms with Gasteiger partial charge in [0.1, 0.15) is 17.2 Å². The maximum atomic E-state index is 12.9. The lowest BCUT2D eigenvalue weighted by Gasteiger charge is -2.19. The van der Waals surface area contributed by atoms with E-state index in [-0.39, 0.29) is 78.0 Å². The Kier molecular flexibility index (Phi) is 15.8. The van der Waals surface area contributed by atoms with Crippen LogP contribution in [-0.2, 0) is 17.8 Å². The average Bonchev–Trinajstić information content (AvgIpc) is 3.11. The topological polar surface area (TPSA) is 173 Å². The van der Waals surface area contributed by atoms with Crippen molar-refractivity contribution in [3.05, 3.63) is 117 Å². The van der Waals surface area contributed by atoms with Crippen LogP contribution < -0.4 is 25.7 Å². The van der Waals surface area contributed by atoms with Gasteiger partial charge in [-0.2, -0.15) is 0 Å². The molecule has 1 heterocycles. The molecule has 282 valence electrons. The molecule has 0 radical (unpaired) electrons. The molecule has 1 atom stereocenters. The number of phenols is 1. The Morgan fingerprint density at radius 2 is 1.74 bits per heavy atom. The number of aliphatic hydroxyl groups is 1. The summed E-state index contributed by atoms with van der Waals surface area (Å²) in [5.41, 5.74) is 4.24. The first-order chi connectivity index (χ1) is 24.5. The standard InChI is InChI=1S/C38H39ClN4O8.2ClH/c1-43(16-6-7-23-10-11-26(24-8-4-3-5-9-24)30(17-23)41-38(48)49)36(47)22-51-34-19-33(50-2)25(18-29(34)39)20-40-21-32(45)27-12-14-31(44)37-28(27)13-15-35(46)42-37;;/h3-5,8-15,17-19,32,40-41,44-45H,6-7,16,20-22H2,1-2H3,(H,42,46)(H,48,49);2*1H. The molecule has 4 aromatic carbocycles. The van der Waals surface area contributed by atoms with E-state index in [0.29, 0.717) is 47.3 Å². The van der Waals surface area contributed by atoms with Gasteiger partial charge in [-0.15, -0.1) is 24.8 Å². The molecule has 0 fully saturated rings. The Morgan fingerprint density at radius 3 is 2.45 bits per heavy atom. The van der Waals surface area contributed by atoms with Gasteiger partial charge in [0.05, 0.1) is 29.4 Å². The summed E-state index contributed by atoms with van der Waals surface area (Å²) in [6, 6.07) is 24.4. The van der Waals surface area contributed by atoms with E-state index in [4.69, 9.17) is 21.1 Å². The lowest BCUT2D eigenvalue weighted by molar-refractivity contribution is -0.132. The van der Waals surface area contributed by atoms with Crippen LogP contribution in [0.3, 0.4) is 0 Å². The minimum absolute atomic E-state index is 0. The number of aromatic amines is 1. The molecule has 6 N–H and O–H groups in total. The van der Waals surface area contributed by atoms with Gasteiger partial charge in [-0.05, 0) is 53.8 Å². The number of fused-ring (bicyclic) bond motifs is 1. The van der Waals surface area contributed by atoms with Crippen molar-refractivity contribution in [2.75, 3.05) is 39.2 Å². The summed E-state index contributed by atoms with van der Waals surface area (Å²) in [5.74, 6) is 0.415. The van der Waals surface area contributed by atoms with Gasteiger partial charge in [-0.1, -0.05) is 60.1 Å². The zero-order valence-corrected chi connectivity index (χ0v) is 31.3. The van der Waals surface area contributed by atoms with Crippen LogP contribution in [-0.4, -0.2) is 71.1 Å². The van der Waals surface area contributed by atoms with Crippen molar-refractivity contribution in [3.8, 4) is 28.4 Å². The van der Waals surface area contributed by atoms with Gasteiger partial charge in [0, 0.05) is 55.3 Å². The number of hydrogen-bond acceptors (Lipinski definition) is 8. The highest BCUT2D eigenvalue weighted by Gasteiger charge is 2.17. The Morgan fingerprint density at radius 1 is 0.981 bits per heavy atom. The number of phenolic OH excluding ortho intramolecular Hbond substituents is 1. The Bertz CT molecular complexity index is 2080. The van der Waals surface area contributed by atoms with Crippen LogP contribution >= 0.6 is 36.4 Å². The number of aromatic nitrogens is 1. The summed E-state index contributed by atoms with van der Waals surface area (Å²) in [5, 5.41) is 36.8. The minimum Gasteiger partial charge on any atom is -0.506 e. The number of H-pyrrole nitrogens is 1. The highest BCUT2D eigenvalue weighted by molar-refractivity contribution is 6.32. The van der Waals surface area contributed by atoms with Crippen LogP contribution in [0.5, 0.6) is 17.2 Å². The minimum atomic E-state index is -1.14. The second-order valence-electron chi connectivity index (χ2n) is 11.9. The van der Waals surface area contributed by atoms with Gasteiger partial charge in [-0.3, -0.25) is 14.9 Å². The monoisotopic (exact) mass is 786 g/mol. The molecule has 1 unspecified atom stereocenters. The number of nitrogens with one attached hydrogen (secondary N) is 3. The summed E-state index contributed by atoms with van der Waals surface area (Å²) < 4.78 is 11.3. The van der Waals surface area contributed by atoms with E-state index in [1.54, 1.807) is 36.2 Å². The van der Waals surface area contributed by atoms with E-state index in [2.05, 4.69) is 15.6 Å². The summed E-state index contributed by atoms with van der Waals surface area (Å²) in [4.78, 5) is 40.2. The predicted molar refractivity (Wildman–Crippen MR) is 210 cm³/mol. The van der Waals surface area contributed by atoms with Crippen LogP contribution in [0, 0.1) is 0 Å². The van der Waals surface area contributed by atoms with Crippen LogP contribution in [0.2, 0.25) is 5.02 Å². The molecular formula is C38H41Cl3N4O8. The van der Waals surface area contributed by atoms with Crippen LogP contribution in [0.15, 0.2) is 89.7 Å². The van der Waals surface area contributed by atoms with Crippen LogP contribution in [0.25, 0.3) is 22.0 Å². The number of rotatable bonds is 15. The van der Waals surface area contributed by atoms with E-state index in [9.17, 15) is 29.7 Å². The third-order valence-electron chi connectivity index (χ3n) is 8.40. The molecule has 1 aromatic heterocycles. The number of nitrogens with zero attached hydrogens (tertiary/aromatic N) is 1. The quantitative estimate of drug-likeness (QED) is 0.0668. The van der Waals surface area contributed by atoms with Crippen molar-refractivity contribution in [2.45, 2.75) is 25.5 Å². The zero-order chi connectivity index (χ0) is 36.5. The van der Waals surface area contributed by atoms with Crippen LogP contribution in [0.4, 0.5) is 10.5 Å². The Balaban J connectivity index is 0.00000378. The molecule has 53 heavy (non-hydrogen) atoms. The Hall–Kier alpha value is -4.98. The maximum absolute atomic E-state index is 12.9. The van der Waals surface area contributed by atoms with E-state index in [0.717, 1.165) is 16.7 Å². The van der Waals surface area contributed by atoms with Gasteiger partial charge in [0.25, 0.3) is 5.91 Å². The normalized spacial score (nSPS) is 11.2. The summed E-state index contributed by atoms with van der Waals surface area (Å²) in [6.45, 7) is 0.652. The summed E-state index contributed by atoms with van der Waals surface area (Å²) >= 11 is 6.52. The number of halogens is 3. The van der Waals surface area contributed by atoms with E-state index in [1.807, 2.05) is 48.5 Å². The average molecular weight is 788 g/mol. The number of carboxylic acid groups (broad SMARTS) is 1. The molecule has 0 saturated carbocycles. The van der Waals surface area contributed by atoms with Crippen LogP contribution in [0.1, 0.15) is 29.2 Å². The summed E-state index contributed by atoms with van der Waals surface area (Å²) in [7, 11) is 3.19. The van der Waals surface area contributed by atoms with E-state index in [1.165, 1.54) is 19.2 Å². The number of anilines is 1. The third kappa shape index (κ3) is 11.0. The number of benzene rings is 4. The molecule has 0 saturated heterocycles. The molecular weight excluding hydrogens is 747 g/mol. The molecule has 0 aliphatic carbocycles. The number of pyridine rings is 1. The number of methoxy groups -OCH3 is 1. The van der Waals surface area contributed by atoms with Gasteiger partial charge in [0.2, 0.25) is 5.56 Å². The highest BCUT2D eigenvalue weighted by atomic mass is 35.5. The SMILES string of the molecule is COc1cc(OCC(=O)N(C)CCCc2ccc(-c3ccccc3)c(NC(=O)O)c2)c(Cl)cc1CNCC(O)c1ccc(O)c2[nH]c(=O)ccc12.Cl.Cl. The van der Waals surface area contributed by atoms with Crippen molar-refractivity contribution in [2.24, 2.45) is 0 Å². The van der Waals surface area contributed by atoms with Gasteiger partial charge >= 0.3 is 6.09 Å². The van der Waals surface area contributed by atoms with Crippen molar-refractivity contribution in [3.63, 3.8) is 0 Å². The first-order valence-electron chi connectivity index (χ1n) is 16.2. The lowest BCUT2D eigenvalue weighted by Crippen LogP contribution is -2.32. The van der Waals surface area contributed by atoms with Crippen molar-refractivity contribution in [1.82, 2.24) is 15.2 Å². The molecule has 15 heteroatoms. The number of carbonyl (C=O) groups is 2. The number of hydrogen-bond donors (Lipinski definition) is 6. The molecule has 5 aromatic rings. The second-order valence-corrected chi connectivity index (χ2v) is 12.3. The fourth-order valence-electron chi connectivity index (χ4n) is 5.75. The molecule has 0 bridgehead atoms. The number of carbonyl (C=O) groups excluding carboxylic acids is 1. The fraction of sp³-hybridized carbons (Fsp3) is 0.237. The number of amides is 2. The van der Waals surface area contributed by atoms with E-state index >= 15 is 0 Å². The molecule has 0 spiro atoms.